The first-order valence-corrected chi connectivity index (χ1v) is 8.91. The lowest BCUT2D eigenvalue weighted by Gasteiger charge is -2.07. The minimum Gasteiger partial charge on any atom is -0.295 e. The number of benzene rings is 1. The van der Waals surface area contributed by atoms with E-state index in [1.54, 1.807) is 18.2 Å². The van der Waals surface area contributed by atoms with E-state index >= 15 is 0 Å². The van der Waals surface area contributed by atoms with Gasteiger partial charge in [0.2, 0.25) is 10.0 Å². The van der Waals surface area contributed by atoms with E-state index < -0.39 is 10.0 Å². The summed E-state index contributed by atoms with van der Waals surface area (Å²) in [4.78, 5) is 12.4. The second-order valence-electron chi connectivity index (χ2n) is 4.44. The van der Waals surface area contributed by atoms with Crippen LogP contribution < -0.4 is 4.72 Å². The summed E-state index contributed by atoms with van der Waals surface area (Å²) < 4.78 is 27.5. The van der Waals surface area contributed by atoms with Gasteiger partial charge in [0.25, 0.3) is 0 Å². The van der Waals surface area contributed by atoms with Crippen LogP contribution in [0.2, 0.25) is 4.34 Å². The minimum absolute atomic E-state index is 0.0967. The Bertz CT molecular complexity index is 753. The molecule has 1 aromatic heterocycles. The van der Waals surface area contributed by atoms with Crippen LogP contribution in [0.25, 0.3) is 0 Å². The molecule has 0 fully saturated rings. The molecule has 112 valence electrons. The lowest BCUT2D eigenvalue weighted by Crippen LogP contribution is -2.26. The molecular weight excluding hydrogens is 330 g/mol. The average Bonchev–Trinajstić information content (AvgIpc) is 2.84. The zero-order chi connectivity index (χ0) is 15.5. The SMILES string of the molecule is CC(=O)c1cccc(S(=O)(=O)NCCc2ccc(Cl)s2)c1. The summed E-state index contributed by atoms with van der Waals surface area (Å²) in [6.45, 7) is 1.68. The van der Waals surface area contributed by atoms with Gasteiger partial charge in [0.1, 0.15) is 0 Å². The van der Waals surface area contributed by atoms with Gasteiger partial charge in [-0.25, -0.2) is 13.1 Å². The highest BCUT2D eigenvalue weighted by molar-refractivity contribution is 7.89. The number of nitrogens with one attached hydrogen (secondary N) is 1. The second-order valence-corrected chi connectivity index (χ2v) is 8.00. The largest absolute Gasteiger partial charge is 0.295 e. The van der Waals surface area contributed by atoms with E-state index in [4.69, 9.17) is 11.6 Å². The summed E-state index contributed by atoms with van der Waals surface area (Å²) in [6, 6.07) is 9.66. The molecule has 4 nitrogen and oxygen atoms in total. The molecule has 0 aliphatic rings. The van der Waals surface area contributed by atoms with Gasteiger partial charge in [-0.1, -0.05) is 23.7 Å². The number of hydrogen-bond donors (Lipinski definition) is 1. The van der Waals surface area contributed by atoms with Gasteiger partial charge < -0.3 is 0 Å². The van der Waals surface area contributed by atoms with Crippen molar-refractivity contribution in [1.82, 2.24) is 4.72 Å². The molecule has 0 radical (unpaired) electrons. The number of carbonyl (C=O) groups excluding carboxylic acids is 1. The monoisotopic (exact) mass is 343 g/mol. The van der Waals surface area contributed by atoms with E-state index in [9.17, 15) is 13.2 Å². The molecule has 2 aromatic rings. The van der Waals surface area contributed by atoms with Gasteiger partial charge in [-0.3, -0.25) is 4.79 Å². The standard InChI is InChI=1S/C14H14ClNO3S2/c1-10(17)11-3-2-4-13(9-11)21(18,19)16-8-7-12-5-6-14(15)20-12/h2-6,9,16H,7-8H2,1H3. The molecule has 0 aliphatic heterocycles. The number of rotatable bonds is 6. The van der Waals surface area contributed by atoms with Crippen LogP contribution in [0.3, 0.4) is 0 Å². The van der Waals surface area contributed by atoms with Crippen molar-refractivity contribution in [2.45, 2.75) is 18.2 Å². The fourth-order valence-corrected chi connectivity index (χ4v) is 3.92. The Morgan fingerprint density at radius 3 is 2.67 bits per heavy atom. The first-order valence-electron chi connectivity index (χ1n) is 6.23. The van der Waals surface area contributed by atoms with Gasteiger partial charge in [0.15, 0.2) is 5.78 Å². The highest BCUT2D eigenvalue weighted by Crippen LogP contribution is 2.21. The van der Waals surface area contributed by atoms with Crippen molar-refractivity contribution in [3.05, 3.63) is 51.2 Å². The predicted octanol–water partition coefficient (Wildman–Crippen LogP) is 3.13. The van der Waals surface area contributed by atoms with Crippen LogP contribution in [-0.4, -0.2) is 20.7 Å². The smallest absolute Gasteiger partial charge is 0.240 e. The minimum atomic E-state index is -3.61. The van der Waals surface area contributed by atoms with Crippen molar-refractivity contribution in [3.63, 3.8) is 0 Å². The molecule has 7 heteroatoms. The van der Waals surface area contributed by atoms with Crippen LogP contribution in [0.4, 0.5) is 0 Å². The van der Waals surface area contributed by atoms with Crippen molar-refractivity contribution in [2.75, 3.05) is 6.54 Å². The summed E-state index contributed by atoms with van der Waals surface area (Å²) >= 11 is 7.25. The third-order valence-corrected chi connectivity index (χ3v) is 5.59. The first-order chi connectivity index (χ1) is 9.88. The number of Topliss-reactive ketones (excluding diaryl/α,β-unsaturated/α-hetero) is 1. The summed E-state index contributed by atoms with van der Waals surface area (Å²) in [5.41, 5.74) is 0.378. The summed E-state index contributed by atoms with van der Waals surface area (Å²) in [5.74, 6) is -0.166. The molecule has 0 saturated heterocycles. The van der Waals surface area contributed by atoms with Crippen molar-refractivity contribution >= 4 is 38.7 Å². The fraction of sp³-hybridized carbons (Fsp3) is 0.214. The molecule has 0 bridgehead atoms. The molecule has 1 heterocycles. The van der Waals surface area contributed by atoms with Crippen molar-refractivity contribution in [3.8, 4) is 0 Å². The zero-order valence-corrected chi connectivity index (χ0v) is 13.7. The van der Waals surface area contributed by atoms with Crippen molar-refractivity contribution < 1.29 is 13.2 Å². The van der Waals surface area contributed by atoms with Gasteiger partial charge in [-0.15, -0.1) is 11.3 Å². The topological polar surface area (TPSA) is 63.2 Å². The van der Waals surface area contributed by atoms with Crippen molar-refractivity contribution in [2.24, 2.45) is 0 Å². The summed E-state index contributed by atoms with van der Waals surface area (Å²) in [5, 5.41) is 0. The third-order valence-electron chi connectivity index (χ3n) is 2.84. The van der Waals surface area contributed by atoms with Crippen LogP contribution in [0, 0.1) is 0 Å². The van der Waals surface area contributed by atoms with Crippen LogP contribution in [0.5, 0.6) is 0 Å². The normalized spacial score (nSPS) is 11.5. The third kappa shape index (κ3) is 4.38. The van der Waals surface area contributed by atoms with Gasteiger partial charge in [-0.2, -0.15) is 0 Å². The lowest BCUT2D eigenvalue weighted by molar-refractivity contribution is 0.101. The Hall–Kier alpha value is -1.21. The first kappa shape index (κ1) is 16.2. The molecule has 0 atom stereocenters. The Labute approximate surface area is 132 Å². The number of ketones is 1. The van der Waals surface area contributed by atoms with E-state index in [0.29, 0.717) is 16.3 Å². The highest BCUT2D eigenvalue weighted by atomic mass is 35.5. The number of halogens is 1. The Kier molecular flexibility index (Phi) is 5.16. The number of carbonyl (C=O) groups is 1. The molecule has 21 heavy (non-hydrogen) atoms. The van der Waals surface area contributed by atoms with Crippen LogP contribution >= 0.6 is 22.9 Å². The number of thiophene rings is 1. The van der Waals surface area contributed by atoms with E-state index in [1.165, 1.54) is 30.4 Å². The quantitative estimate of drug-likeness (QED) is 0.819. The Morgan fingerprint density at radius 2 is 2.05 bits per heavy atom. The summed E-state index contributed by atoms with van der Waals surface area (Å²) in [6.07, 6.45) is 0.572. The molecule has 1 N–H and O–H groups in total. The number of hydrogen-bond acceptors (Lipinski definition) is 4. The summed E-state index contributed by atoms with van der Waals surface area (Å²) in [7, 11) is -3.61. The zero-order valence-electron chi connectivity index (χ0n) is 11.3. The van der Waals surface area contributed by atoms with E-state index in [2.05, 4.69) is 4.72 Å². The lowest BCUT2D eigenvalue weighted by atomic mass is 10.2. The maximum atomic E-state index is 12.2. The maximum absolute atomic E-state index is 12.2. The Morgan fingerprint density at radius 1 is 1.29 bits per heavy atom. The molecule has 0 spiro atoms. The molecule has 0 unspecified atom stereocenters. The van der Waals surface area contributed by atoms with E-state index in [0.717, 1.165) is 4.88 Å². The second kappa shape index (κ2) is 6.70. The van der Waals surface area contributed by atoms with Crippen molar-refractivity contribution in [1.29, 1.82) is 0 Å². The molecule has 1 aromatic carbocycles. The van der Waals surface area contributed by atoms with E-state index in [-0.39, 0.29) is 17.2 Å². The van der Waals surface area contributed by atoms with Crippen LogP contribution in [0.1, 0.15) is 22.2 Å². The molecular formula is C14H14ClNO3S2. The Balaban J connectivity index is 2.04. The average molecular weight is 344 g/mol. The predicted molar refractivity (Wildman–Crippen MR) is 84.7 cm³/mol. The highest BCUT2D eigenvalue weighted by Gasteiger charge is 2.14. The van der Waals surface area contributed by atoms with Crippen LogP contribution in [-0.2, 0) is 16.4 Å². The molecule has 0 saturated carbocycles. The van der Waals surface area contributed by atoms with Gasteiger partial charge in [0.05, 0.1) is 9.23 Å². The number of sulfonamides is 1. The molecule has 2 rings (SSSR count). The maximum Gasteiger partial charge on any atom is 0.240 e. The van der Waals surface area contributed by atoms with Gasteiger partial charge in [0, 0.05) is 17.0 Å². The van der Waals surface area contributed by atoms with Gasteiger partial charge in [-0.05, 0) is 37.6 Å². The molecule has 0 aliphatic carbocycles. The van der Waals surface area contributed by atoms with Gasteiger partial charge >= 0.3 is 0 Å². The fourth-order valence-electron chi connectivity index (χ4n) is 1.76. The van der Waals surface area contributed by atoms with Crippen LogP contribution in [0.15, 0.2) is 41.3 Å². The molecule has 0 amide bonds. The van der Waals surface area contributed by atoms with E-state index in [1.807, 2.05) is 6.07 Å².